The van der Waals surface area contributed by atoms with Gasteiger partial charge in [-0.15, -0.1) is 0 Å². The number of ketones is 2. The van der Waals surface area contributed by atoms with Crippen LogP contribution >= 0.6 is 0 Å². The molecule has 2 amide bonds. The molecule has 0 bridgehead atoms. The summed E-state index contributed by atoms with van der Waals surface area (Å²) in [4.78, 5) is 66.4. The van der Waals surface area contributed by atoms with E-state index in [0.29, 0.717) is 5.56 Å². The van der Waals surface area contributed by atoms with Crippen LogP contribution in [-0.2, 0) is 14.3 Å². The van der Waals surface area contributed by atoms with Crippen molar-refractivity contribution >= 4 is 34.8 Å². The molecule has 2 heterocycles. The topological polar surface area (TPSA) is 124 Å². The minimum atomic E-state index is -2.18. The first kappa shape index (κ1) is 21.1. The number of non-ortho nitro benzene ring substituents is 1. The molecule has 3 aliphatic rings. The fraction of sp³-hybridized carbons (Fsp3) is 0.154. The number of fused-ring (bicyclic) bond motifs is 3. The van der Waals surface area contributed by atoms with Gasteiger partial charge in [0, 0.05) is 23.3 Å². The Morgan fingerprint density at radius 2 is 1.43 bits per heavy atom. The number of nitrogens with zero attached hydrogens (tertiary/aromatic N) is 2. The molecule has 0 N–H and O–H groups in total. The lowest BCUT2D eigenvalue weighted by Crippen LogP contribution is -2.51. The van der Waals surface area contributed by atoms with Gasteiger partial charge in [-0.05, 0) is 11.6 Å². The Balaban J connectivity index is 1.54. The van der Waals surface area contributed by atoms with E-state index >= 15 is 0 Å². The maximum absolute atomic E-state index is 13.8. The van der Waals surface area contributed by atoms with Crippen LogP contribution in [0.15, 0.2) is 78.9 Å². The monoisotopic (exact) mass is 468 g/mol. The lowest BCUT2D eigenvalue weighted by atomic mass is 9.77. The molecule has 1 aliphatic carbocycles. The van der Waals surface area contributed by atoms with Crippen LogP contribution in [0, 0.1) is 22.0 Å². The largest absolute Gasteiger partial charge is 0.349 e. The van der Waals surface area contributed by atoms with Crippen molar-refractivity contribution in [3.8, 4) is 0 Å². The van der Waals surface area contributed by atoms with Crippen LogP contribution in [0.5, 0.6) is 0 Å². The van der Waals surface area contributed by atoms with Gasteiger partial charge in [0.15, 0.2) is 0 Å². The molecule has 0 radical (unpaired) electrons. The summed E-state index contributed by atoms with van der Waals surface area (Å²) < 4.78 is 6.18. The van der Waals surface area contributed by atoms with Gasteiger partial charge in [-0.1, -0.05) is 60.7 Å². The van der Waals surface area contributed by atoms with E-state index in [9.17, 15) is 29.3 Å². The second-order valence-corrected chi connectivity index (χ2v) is 8.68. The van der Waals surface area contributed by atoms with E-state index in [1.807, 2.05) is 0 Å². The van der Waals surface area contributed by atoms with Gasteiger partial charge in [-0.2, -0.15) is 0 Å². The van der Waals surface area contributed by atoms with Gasteiger partial charge in [0.2, 0.25) is 29.0 Å². The number of carbonyl (C=O) groups is 4. The number of amides is 2. The van der Waals surface area contributed by atoms with E-state index in [1.54, 1.807) is 42.5 Å². The maximum Gasteiger partial charge on any atom is 0.271 e. The van der Waals surface area contributed by atoms with Crippen molar-refractivity contribution in [3.05, 3.63) is 106 Å². The molecular weight excluding hydrogens is 452 g/mol. The Kier molecular flexibility index (Phi) is 4.36. The number of ether oxygens (including phenoxy) is 1. The molecule has 0 saturated carbocycles. The zero-order valence-electron chi connectivity index (χ0n) is 18.0. The molecule has 2 aliphatic heterocycles. The number of hydrogen-bond acceptors (Lipinski definition) is 7. The standard InChI is InChI=1S/C26H16N2O7/c29-22-17-11-4-5-12-18(17)23(30)26(22)20-19(21(35-26)14-7-2-1-3-8-14)24(31)27(25(20)32)15-9-6-10-16(13-15)28(33)34/h1-13,19-21H/t19-,20-,21+/m1/s1. The van der Waals surface area contributed by atoms with E-state index in [2.05, 4.69) is 0 Å². The molecule has 172 valence electrons. The minimum absolute atomic E-state index is 0.000899. The summed E-state index contributed by atoms with van der Waals surface area (Å²) in [6, 6.07) is 20.0. The van der Waals surface area contributed by atoms with Gasteiger partial charge < -0.3 is 4.74 Å². The van der Waals surface area contributed by atoms with E-state index in [1.165, 1.54) is 30.3 Å². The molecule has 6 rings (SSSR count). The van der Waals surface area contributed by atoms with Crippen LogP contribution in [0.4, 0.5) is 11.4 Å². The second kappa shape index (κ2) is 7.25. The third-order valence-electron chi connectivity index (χ3n) is 6.95. The molecule has 2 fully saturated rings. The highest BCUT2D eigenvalue weighted by molar-refractivity contribution is 6.37. The normalized spacial score (nSPS) is 24.2. The van der Waals surface area contributed by atoms with Gasteiger partial charge in [0.05, 0.1) is 28.6 Å². The van der Waals surface area contributed by atoms with E-state index < -0.39 is 51.8 Å². The Morgan fingerprint density at radius 1 is 0.800 bits per heavy atom. The number of anilines is 1. The number of rotatable bonds is 3. The third-order valence-corrected chi connectivity index (χ3v) is 6.95. The fourth-order valence-electron chi connectivity index (χ4n) is 5.46. The Labute approximate surface area is 198 Å². The smallest absolute Gasteiger partial charge is 0.271 e. The summed E-state index contributed by atoms with van der Waals surface area (Å²) in [6.07, 6.45) is -1.04. The molecular formula is C26H16N2O7. The molecule has 1 spiro atoms. The van der Waals surface area contributed by atoms with Crippen LogP contribution in [0.3, 0.4) is 0 Å². The van der Waals surface area contributed by atoms with Crippen molar-refractivity contribution < 1.29 is 28.8 Å². The number of nitro groups is 1. The van der Waals surface area contributed by atoms with Gasteiger partial charge in [-0.25, -0.2) is 4.90 Å². The van der Waals surface area contributed by atoms with Crippen molar-refractivity contribution in [3.63, 3.8) is 0 Å². The number of imide groups is 1. The van der Waals surface area contributed by atoms with Crippen LogP contribution in [0.25, 0.3) is 0 Å². The first-order valence-electron chi connectivity index (χ1n) is 10.9. The first-order valence-corrected chi connectivity index (χ1v) is 10.9. The average Bonchev–Trinajstić information content (AvgIpc) is 3.44. The molecule has 0 unspecified atom stereocenters. The number of nitro benzene ring substituents is 1. The molecule has 3 aromatic rings. The summed E-state index contributed by atoms with van der Waals surface area (Å²) in [5, 5.41) is 11.3. The van der Waals surface area contributed by atoms with Gasteiger partial charge >= 0.3 is 0 Å². The number of benzene rings is 3. The van der Waals surface area contributed by atoms with Crippen molar-refractivity contribution in [1.29, 1.82) is 0 Å². The quantitative estimate of drug-likeness (QED) is 0.250. The lowest BCUT2D eigenvalue weighted by molar-refractivity contribution is -0.384. The predicted molar refractivity (Wildman–Crippen MR) is 121 cm³/mol. The number of carbonyl (C=O) groups excluding carboxylic acids is 4. The molecule has 0 aromatic heterocycles. The highest BCUT2D eigenvalue weighted by atomic mass is 16.6. The van der Waals surface area contributed by atoms with Gasteiger partial charge in [-0.3, -0.25) is 29.3 Å². The zero-order chi connectivity index (χ0) is 24.5. The molecule has 2 saturated heterocycles. The van der Waals surface area contributed by atoms with E-state index in [4.69, 9.17) is 4.74 Å². The summed E-state index contributed by atoms with van der Waals surface area (Å²) in [6.45, 7) is 0. The zero-order valence-corrected chi connectivity index (χ0v) is 18.0. The van der Waals surface area contributed by atoms with Crippen LogP contribution in [-0.4, -0.2) is 33.9 Å². The summed E-state index contributed by atoms with van der Waals surface area (Å²) in [5.41, 5.74) is -1.67. The van der Waals surface area contributed by atoms with Crippen LogP contribution in [0.2, 0.25) is 0 Å². The predicted octanol–water partition coefficient (Wildman–Crippen LogP) is 3.29. The minimum Gasteiger partial charge on any atom is -0.349 e. The maximum atomic E-state index is 13.8. The highest BCUT2D eigenvalue weighted by Gasteiger charge is 2.74. The Hall–Kier alpha value is -4.50. The molecule has 9 heteroatoms. The van der Waals surface area contributed by atoms with Crippen molar-refractivity contribution in [2.24, 2.45) is 11.8 Å². The Bertz CT molecular complexity index is 1430. The average molecular weight is 468 g/mol. The third kappa shape index (κ3) is 2.66. The van der Waals surface area contributed by atoms with Crippen molar-refractivity contribution in [1.82, 2.24) is 0 Å². The molecule has 9 nitrogen and oxygen atoms in total. The van der Waals surface area contributed by atoms with Crippen molar-refractivity contribution in [2.75, 3.05) is 4.90 Å². The van der Waals surface area contributed by atoms with E-state index in [0.717, 1.165) is 11.0 Å². The van der Waals surface area contributed by atoms with Crippen LogP contribution in [0.1, 0.15) is 32.4 Å². The fourth-order valence-corrected chi connectivity index (χ4v) is 5.46. The first-order chi connectivity index (χ1) is 16.9. The summed E-state index contributed by atoms with van der Waals surface area (Å²) >= 11 is 0. The summed E-state index contributed by atoms with van der Waals surface area (Å²) in [5.74, 6) is -5.36. The Morgan fingerprint density at radius 3 is 2.06 bits per heavy atom. The number of hydrogen-bond donors (Lipinski definition) is 0. The van der Waals surface area contributed by atoms with Crippen molar-refractivity contribution in [2.45, 2.75) is 11.7 Å². The van der Waals surface area contributed by atoms with Crippen LogP contribution < -0.4 is 4.90 Å². The molecule has 3 aromatic carbocycles. The number of Topliss-reactive ketones (excluding diaryl/α,β-unsaturated/α-hetero) is 2. The summed E-state index contributed by atoms with van der Waals surface area (Å²) in [7, 11) is 0. The van der Waals surface area contributed by atoms with Gasteiger partial charge in [0.25, 0.3) is 5.69 Å². The molecule has 3 atom stereocenters. The highest BCUT2D eigenvalue weighted by Crippen LogP contribution is 2.57. The second-order valence-electron chi connectivity index (χ2n) is 8.68. The SMILES string of the molecule is O=C1[C@H]2[C@H](c3ccccc3)OC3(C(=O)c4ccccc4C3=O)[C@H]2C(=O)N1c1cccc([N+](=O)[O-])c1. The van der Waals surface area contributed by atoms with E-state index in [-0.39, 0.29) is 22.5 Å². The molecule has 35 heavy (non-hydrogen) atoms. The lowest BCUT2D eigenvalue weighted by Gasteiger charge is -2.27. The van der Waals surface area contributed by atoms with Gasteiger partial charge in [0.1, 0.15) is 0 Å².